The molecule has 1 amide bonds. The Hall–Kier alpha value is -2.81. The van der Waals surface area contributed by atoms with Crippen molar-refractivity contribution in [2.24, 2.45) is 0 Å². The number of allylic oxidation sites excluding steroid dienone is 1. The SMILES string of the molecule is Cc1ccc(/C=C/C2=C(C(=O)Nc3ccccc3)CCO2)cc1. The zero-order valence-corrected chi connectivity index (χ0v) is 13.1. The lowest BCUT2D eigenvalue weighted by Gasteiger charge is -2.05. The van der Waals surface area contributed by atoms with Crippen LogP contribution in [0.15, 0.2) is 72.0 Å². The second kappa shape index (κ2) is 6.97. The van der Waals surface area contributed by atoms with E-state index in [0.29, 0.717) is 24.4 Å². The fourth-order valence-electron chi connectivity index (χ4n) is 2.42. The minimum absolute atomic E-state index is 0.0998. The van der Waals surface area contributed by atoms with E-state index in [1.807, 2.05) is 54.6 Å². The van der Waals surface area contributed by atoms with Crippen LogP contribution in [0.3, 0.4) is 0 Å². The van der Waals surface area contributed by atoms with Crippen LogP contribution in [0.1, 0.15) is 17.5 Å². The quantitative estimate of drug-likeness (QED) is 0.913. The van der Waals surface area contributed by atoms with Crippen LogP contribution in [0.2, 0.25) is 0 Å². The lowest BCUT2D eigenvalue weighted by Crippen LogP contribution is -2.14. The maximum atomic E-state index is 12.4. The minimum atomic E-state index is -0.0998. The summed E-state index contributed by atoms with van der Waals surface area (Å²) in [7, 11) is 0. The summed E-state index contributed by atoms with van der Waals surface area (Å²) in [6, 6.07) is 17.7. The number of amides is 1. The van der Waals surface area contributed by atoms with E-state index in [2.05, 4.69) is 24.4 Å². The highest BCUT2D eigenvalue weighted by atomic mass is 16.5. The molecule has 0 saturated heterocycles. The van der Waals surface area contributed by atoms with Gasteiger partial charge in [-0.25, -0.2) is 0 Å². The second-order valence-electron chi connectivity index (χ2n) is 5.51. The lowest BCUT2D eigenvalue weighted by molar-refractivity contribution is -0.112. The maximum Gasteiger partial charge on any atom is 0.255 e. The average Bonchev–Trinajstić information content (AvgIpc) is 3.04. The van der Waals surface area contributed by atoms with Crippen molar-refractivity contribution in [2.45, 2.75) is 13.3 Å². The molecule has 3 heteroatoms. The molecule has 1 heterocycles. The first kappa shape index (κ1) is 15.1. The van der Waals surface area contributed by atoms with Gasteiger partial charge >= 0.3 is 0 Å². The van der Waals surface area contributed by atoms with Gasteiger partial charge in [0.1, 0.15) is 5.76 Å². The number of hydrogen-bond acceptors (Lipinski definition) is 2. The van der Waals surface area contributed by atoms with Crippen LogP contribution in [0, 0.1) is 6.92 Å². The van der Waals surface area contributed by atoms with Crippen molar-refractivity contribution in [1.82, 2.24) is 0 Å². The van der Waals surface area contributed by atoms with Crippen LogP contribution in [0.5, 0.6) is 0 Å². The Kier molecular flexibility index (Phi) is 4.57. The maximum absolute atomic E-state index is 12.4. The monoisotopic (exact) mass is 305 g/mol. The molecule has 0 fully saturated rings. The van der Waals surface area contributed by atoms with Crippen molar-refractivity contribution in [2.75, 3.05) is 11.9 Å². The number of para-hydroxylation sites is 1. The molecule has 116 valence electrons. The first-order chi connectivity index (χ1) is 11.2. The highest BCUT2D eigenvalue weighted by Crippen LogP contribution is 2.23. The van der Waals surface area contributed by atoms with Gasteiger partial charge in [0.25, 0.3) is 5.91 Å². The van der Waals surface area contributed by atoms with Gasteiger partial charge in [-0.1, -0.05) is 54.1 Å². The van der Waals surface area contributed by atoms with Crippen molar-refractivity contribution in [3.63, 3.8) is 0 Å². The molecule has 1 aliphatic heterocycles. The molecule has 0 radical (unpaired) electrons. The first-order valence-electron chi connectivity index (χ1n) is 7.69. The summed E-state index contributed by atoms with van der Waals surface area (Å²) < 4.78 is 5.60. The summed E-state index contributed by atoms with van der Waals surface area (Å²) >= 11 is 0. The second-order valence-corrected chi connectivity index (χ2v) is 5.51. The Morgan fingerprint density at radius 3 is 2.52 bits per heavy atom. The molecule has 2 aromatic rings. The number of hydrogen-bond donors (Lipinski definition) is 1. The summed E-state index contributed by atoms with van der Waals surface area (Å²) in [5, 5.41) is 2.91. The number of carbonyl (C=O) groups excluding carboxylic acids is 1. The van der Waals surface area contributed by atoms with Crippen molar-refractivity contribution < 1.29 is 9.53 Å². The Morgan fingerprint density at radius 2 is 1.78 bits per heavy atom. The van der Waals surface area contributed by atoms with Crippen LogP contribution in [0.25, 0.3) is 6.08 Å². The topological polar surface area (TPSA) is 38.3 Å². The van der Waals surface area contributed by atoms with Crippen molar-refractivity contribution in [1.29, 1.82) is 0 Å². The van der Waals surface area contributed by atoms with Gasteiger partial charge < -0.3 is 10.1 Å². The molecule has 0 atom stereocenters. The van der Waals surface area contributed by atoms with Crippen LogP contribution in [-0.2, 0) is 9.53 Å². The van der Waals surface area contributed by atoms with E-state index in [9.17, 15) is 4.79 Å². The number of benzene rings is 2. The third kappa shape index (κ3) is 3.89. The molecule has 0 aromatic heterocycles. The van der Waals surface area contributed by atoms with Gasteiger partial charge in [-0.3, -0.25) is 4.79 Å². The van der Waals surface area contributed by atoms with E-state index in [0.717, 1.165) is 11.3 Å². The van der Waals surface area contributed by atoms with E-state index in [1.165, 1.54) is 5.56 Å². The highest BCUT2D eigenvalue weighted by molar-refractivity contribution is 6.04. The number of nitrogens with one attached hydrogen (secondary N) is 1. The number of rotatable bonds is 4. The van der Waals surface area contributed by atoms with E-state index in [4.69, 9.17) is 4.74 Å². The number of carbonyl (C=O) groups is 1. The largest absolute Gasteiger partial charge is 0.493 e. The predicted octanol–water partition coefficient (Wildman–Crippen LogP) is 4.32. The molecule has 0 unspecified atom stereocenters. The fraction of sp³-hybridized carbons (Fsp3) is 0.150. The summed E-state index contributed by atoms with van der Waals surface area (Å²) in [4.78, 5) is 12.4. The Labute approximate surface area is 136 Å². The van der Waals surface area contributed by atoms with Gasteiger partial charge in [-0.2, -0.15) is 0 Å². The van der Waals surface area contributed by atoms with Crippen LogP contribution in [0.4, 0.5) is 5.69 Å². The standard InChI is InChI=1S/C20H19NO2/c1-15-7-9-16(10-8-15)11-12-19-18(13-14-23-19)20(22)21-17-5-3-2-4-6-17/h2-12H,13-14H2,1H3,(H,21,22)/b12-11+. The minimum Gasteiger partial charge on any atom is -0.493 e. The molecule has 0 spiro atoms. The fourth-order valence-corrected chi connectivity index (χ4v) is 2.42. The molecule has 2 aromatic carbocycles. The molecule has 0 bridgehead atoms. The van der Waals surface area contributed by atoms with Crippen LogP contribution < -0.4 is 5.32 Å². The van der Waals surface area contributed by atoms with Crippen molar-refractivity contribution in [3.05, 3.63) is 83.1 Å². The summed E-state index contributed by atoms with van der Waals surface area (Å²) in [6.45, 7) is 2.60. The normalized spacial score (nSPS) is 14.1. The number of aryl methyl sites for hydroxylation is 1. The molecule has 0 aliphatic carbocycles. The first-order valence-corrected chi connectivity index (χ1v) is 7.69. The third-order valence-electron chi connectivity index (χ3n) is 3.72. The van der Waals surface area contributed by atoms with E-state index in [-0.39, 0.29) is 5.91 Å². The average molecular weight is 305 g/mol. The Bertz CT molecular complexity index is 743. The molecular weight excluding hydrogens is 286 g/mol. The molecule has 0 saturated carbocycles. The smallest absolute Gasteiger partial charge is 0.255 e. The number of ether oxygens (including phenoxy) is 1. The number of anilines is 1. The predicted molar refractivity (Wildman–Crippen MR) is 92.9 cm³/mol. The van der Waals surface area contributed by atoms with Crippen LogP contribution >= 0.6 is 0 Å². The third-order valence-corrected chi connectivity index (χ3v) is 3.72. The molecule has 1 aliphatic rings. The summed E-state index contributed by atoms with van der Waals surface area (Å²) in [5.41, 5.74) is 3.79. The molecular formula is C20H19NO2. The molecule has 23 heavy (non-hydrogen) atoms. The summed E-state index contributed by atoms with van der Waals surface area (Å²) in [6.07, 6.45) is 4.47. The van der Waals surface area contributed by atoms with Gasteiger partial charge in [-0.05, 0) is 30.7 Å². The molecule has 3 rings (SSSR count). The van der Waals surface area contributed by atoms with Gasteiger partial charge in [0.15, 0.2) is 0 Å². The zero-order chi connectivity index (χ0) is 16.1. The Morgan fingerprint density at radius 1 is 1.04 bits per heavy atom. The van der Waals surface area contributed by atoms with Gasteiger partial charge in [0, 0.05) is 12.1 Å². The lowest BCUT2D eigenvalue weighted by atomic mass is 10.1. The summed E-state index contributed by atoms with van der Waals surface area (Å²) in [5.74, 6) is 0.552. The van der Waals surface area contributed by atoms with E-state index < -0.39 is 0 Å². The van der Waals surface area contributed by atoms with Crippen molar-refractivity contribution >= 4 is 17.7 Å². The van der Waals surface area contributed by atoms with E-state index >= 15 is 0 Å². The van der Waals surface area contributed by atoms with Gasteiger partial charge in [0.2, 0.25) is 0 Å². The molecule has 1 N–H and O–H groups in total. The molecule has 3 nitrogen and oxygen atoms in total. The van der Waals surface area contributed by atoms with Gasteiger partial charge in [-0.15, -0.1) is 0 Å². The van der Waals surface area contributed by atoms with Gasteiger partial charge in [0.05, 0.1) is 12.2 Å². The van der Waals surface area contributed by atoms with Crippen LogP contribution in [-0.4, -0.2) is 12.5 Å². The van der Waals surface area contributed by atoms with Crippen molar-refractivity contribution in [3.8, 4) is 0 Å². The van der Waals surface area contributed by atoms with E-state index in [1.54, 1.807) is 0 Å². The zero-order valence-electron chi connectivity index (χ0n) is 13.1. The highest BCUT2D eigenvalue weighted by Gasteiger charge is 2.20. The Balaban J connectivity index is 1.75.